The van der Waals surface area contributed by atoms with Crippen molar-refractivity contribution in [2.75, 3.05) is 0 Å². The molecule has 0 aromatic heterocycles. The molecule has 6 heteroatoms. The molecule has 0 heterocycles. The number of Topliss-reactive ketones (excluding diaryl/α,β-unsaturated/α-hetero) is 1. The van der Waals surface area contributed by atoms with E-state index in [4.69, 9.17) is 4.74 Å². The van der Waals surface area contributed by atoms with Gasteiger partial charge in [0.15, 0.2) is 11.9 Å². The first-order valence-electron chi connectivity index (χ1n) is 8.42. The van der Waals surface area contributed by atoms with Crippen LogP contribution in [0.2, 0.25) is 0 Å². The summed E-state index contributed by atoms with van der Waals surface area (Å²) < 4.78 is 5.50. The molecule has 0 radical (unpaired) electrons. The fraction of sp³-hybridized carbons (Fsp3) is 0.250. The van der Waals surface area contributed by atoms with Gasteiger partial charge in [0.25, 0.3) is 5.91 Å². The maximum absolute atomic E-state index is 12.0. The molecule has 0 saturated heterocycles. The van der Waals surface area contributed by atoms with Crippen LogP contribution in [-0.2, 0) is 11.3 Å². The third kappa shape index (κ3) is 5.73. The van der Waals surface area contributed by atoms with Gasteiger partial charge in [-0.3, -0.25) is 14.9 Å². The van der Waals surface area contributed by atoms with Crippen LogP contribution in [0.25, 0.3) is 0 Å². The maximum atomic E-state index is 12.0. The molecule has 0 spiro atoms. The summed E-state index contributed by atoms with van der Waals surface area (Å²) in [5.74, 6) is -0.0632. The molecule has 3 amide bonds. The number of urea groups is 1. The predicted octanol–water partition coefficient (Wildman–Crippen LogP) is 3.07. The molecule has 6 nitrogen and oxygen atoms in total. The van der Waals surface area contributed by atoms with Gasteiger partial charge in [-0.25, -0.2) is 4.79 Å². The van der Waals surface area contributed by atoms with Crippen molar-refractivity contribution in [1.29, 1.82) is 0 Å². The predicted molar refractivity (Wildman–Crippen MR) is 98.0 cm³/mol. The third-order valence-electron chi connectivity index (χ3n) is 3.71. The van der Waals surface area contributed by atoms with Gasteiger partial charge in [0.05, 0.1) is 0 Å². The quantitative estimate of drug-likeness (QED) is 0.749. The molecule has 0 aliphatic rings. The Kier molecular flexibility index (Phi) is 6.91. The lowest BCUT2D eigenvalue weighted by atomic mass is 10.1. The summed E-state index contributed by atoms with van der Waals surface area (Å²) in [6.45, 7) is 3.66. The van der Waals surface area contributed by atoms with Gasteiger partial charge in [0.1, 0.15) is 5.75 Å². The SMILES string of the molecule is CCC(=O)c1ccc(OC(C)C(=O)NC(=O)NCc2ccccc2)cc1. The van der Waals surface area contributed by atoms with Crippen molar-refractivity contribution in [3.05, 3.63) is 65.7 Å². The zero-order valence-electron chi connectivity index (χ0n) is 14.8. The molecule has 0 bridgehead atoms. The maximum Gasteiger partial charge on any atom is 0.321 e. The number of amides is 3. The number of nitrogens with one attached hydrogen (secondary N) is 2. The highest BCUT2D eigenvalue weighted by atomic mass is 16.5. The normalized spacial score (nSPS) is 11.3. The Morgan fingerprint density at radius 2 is 1.65 bits per heavy atom. The van der Waals surface area contributed by atoms with Crippen LogP contribution in [0.15, 0.2) is 54.6 Å². The fourth-order valence-corrected chi connectivity index (χ4v) is 2.22. The van der Waals surface area contributed by atoms with Crippen molar-refractivity contribution in [2.24, 2.45) is 0 Å². The molecule has 2 aromatic carbocycles. The first kappa shape index (κ1) is 19.2. The van der Waals surface area contributed by atoms with E-state index in [-0.39, 0.29) is 5.78 Å². The highest BCUT2D eigenvalue weighted by Crippen LogP contribution is 2.15. The van der Waals surface area contributed by atoms with Gasteiger partial charge < -0.3 is 10.1 Å². The molecule has 0 fully saturated rings. The Morgan fingerprint density at radius 3 is 2.27 bits per heavy atom. The average molecular weight is 354 g/mol. The number of carbonyl (C=O) groups excluding carboxylic acids is 3. The third-order valence-corrected chi connectivity index (χ3v) is 3.71. The summed E-state index contributed by atoms with van der Waals surface area (Å²) in [5, 5.41) is 4.85. The van der Waals surface area contributed by atoms with Gasteiger partial charge in [-0.2, -0.15) is 0 Å². The summed E-state index contributed by atoms with van der Waals surface area (Å²) in [5.41, 5.74) is 1.53. The van der Waals surface area contributed by atoms with Crippen LogP contribution in [0, 0.1) is 0 Å². The van der Waals surface area contributed by atoms with E-state index in [2.05, 4.69) is 10.6 Å². The van der Waals surface area contributed by atoms with Crippen LogP contribution in [0.4, 0.5) is 4.79 Å². The molecule has 2 aromatic rings. The molecular weight excluding hydrogens is 332 g/mol. The van der Waals surface area contributed by atoms with Crippen molar-refractivity contribution in [1.82, 2.24) is 10.6 Å². The molecule has 26 heavy (non-hydrogen) atoms. The number of ether oxygens (including phenoxy) is 1. The Labute approximate surface area is 152 Å². The molecule has 0 aliphatic heterocycles. The van der Waals surface area contributed by atoms with Crippen LogP contribution in [0.5, 0.6) is 5.75 Å². The second-order valence-electron chi connectivity index (χ2n) is 5.72. The van der Waals surface area contributed by atoms with Crippen LogP contribution >= 0.6 is 0 Å². The number of rotatable bonds is 7. The number of imide groups is 1. The van der Waals surface area contributed by atoms with Crippen molar-refractivity contribution in [3.63, 3.8) is 0 Å². The standard InChI is InChI=1S/C20H22N2O4/c1-3-18(23)16-9-11-17(12-10-16)26-14(2)19(24)22-20(25)21-13-15-7-5-4-6-8-15/h4-12,14H,3,13H2,1-2H3,(H2,21,22,24,25). The zero-order valence-corrected chi connectivity index (χ0v) is 14.8. The van der Waals surface area contributed by atoms with E-state index in [0.717, 1.165) is 5.56 Å². The first-order chi connectivity index (χ1) is 12.5. The highest BCUT2D eigenvalue weighted by molar-refractivity contribution is 5.97. The molecule has 0 aliphatic carbocycles. The number of carbonyl (C=O) groups is 3. The van der Waals surface area contributed by atoms with Crippen molar-refractivity contribution < 1.29 is 19.1 Å². The van der Waals surface area contributed by atoms with E-state index in [1.165, 1.54) is 0 Å². The largest absolute Gasteiger partial charge is 0.481 e. The molecule has 2 N–H and O–H groups in total. The Hall–Kier alpha value is -3.15. The minimum atomic E-state index is -0.856. The Bertz CT molecular complexity index is 757. The van der Waals surface area contributed by atoms with E-state index >= 15 is 0 Å². The summed E-state index contributed by atoms with van der Waals surface area (Å²) in [7, 11) is 0. The molecular formula is C20H22N2O4. The number of hydrogen-bond donors (Lipinski definition) is 2. The lowest BCUT2D eigenvalue weighted by molar-refractivity contribution is -0.126. The van der Waals surface area contributed by atoms with Gasteiger partial charge in [0.2, 0.25) is 0 Å². The topological polar surface area (TPSA) is 84.5 Å². The van der Waals surface area contributed by atoms with Gasteiger partial charge in [0, 0.05) is 18.5 Å². The van der Waals surface area contributed by atoms with E-state index in [1.807, 2.05) is 30.3 Å². The van der Waals surface area contributed by atoms with Crippen molar-refractivity contribution in [2.45, 2.75) is 32.9 Å². The van der Waals surface area contributed by atoms with E-state index < -0.39 is 18.0 Å². The van der Waals surface area contributed by atoms with Crippen LogP contribution in [0.1, 0.15) is 36.2 Å². The van der Waals surface area contributed by atoms with Crippen LogP contribution < -0.4 is 15.4 Å². The summed E-state index contributed by atoms with van der Waals surface area (Å²) in [6.07, 6.45) is -0.429. The monoisotopic (exact) mass is 354 g/mol. The molecule has 1 unspecified atom stereocenters. The van der Waals surface area contributed by atoms with Crippen LogP contribution in [0.3, 0.4) is 0 Å². The Balaban J connectivity index is 1.81. The van der Waals surface area contributed by atoms with Crippen LogP contribution in [-0.4, -0.2) is 23.8 Å². The van der Waals surface area contributed by atoms with Gasteiger partial charge in [-0.1, -0.05) is 37.3 Å². The first-order valence-corrected chi connectivity index (χ1v) is 8.42. The number of hydrogen-bond acceptors (Lipinski definition) is 4. The minimum absolute atomic E-state index is 0.0393. The lowest BCUT2D eigenvalue weighted by Crippen LogP contribution is -2.44. The number of ketones is 1. The Morgan fingerprint density at radius 1 is 1.00 bits per heavy atom. The fourth-order valence-electron chi connectivity index (χ4n) is 2.22. The van der Waals surface area contributed by atoms with Crippen molar-refractivity contribution >= 4 is 17.7 Å². The summed E-state index contributed by atoms with van der Waals surface area (Å²) in [4.78, 5) is 35.4. The van der Waals surface area contributed by atoms with Crippen molar-refractivity contribution in [3.8, 4) is 5.75 Å². The zero-order chi connectivity index (χ0) is 18.9. The smallest absolute Gasteiger partial charge is 0.321 e. The van der Waals surface area contributed by atoms with Gasteiger partial charge >= 0.3 is 6.03 Å². The lowest BCUT2D eigenvalue weighted by Gasteiger charge is -2.14. The summed E-state index contributed by atoms with van der Waals surface area (Å²) in [6, 6.07) is 15.3. The average Bonchev–Trinajstić information content (AvgIpc) is 2.67. The van der Waals surface area contributed by atoms with E-state index in [1.54, 1.807) is 38.1 Å². The van der Waals surface area contributed by atoms with Gasteiger partial charge in [-0.05, 0) is 36.8 Å². The second-order valence-corrected chi connectivity index (χ2v) is 5.72. The van der Waals surface area contributed by atoms with E-state index in [0.29, 0.717) is 24.3 Å². The summed E-state index contributed by atoms with van der Waals surface area (Å²) >= 11 is 0. The second kappa shape index (κ2) is 9.36. The van der Waals surface area contributed by atoms with Gasteiger partial charge in [-0.15, -0.1) is 0 Å². The molecule has 0 saturated carbocycles. The minimum Gasteiger partial charge on any atom is -0.481 e. The molecule has 2 rings (SSSR count). The highest BCUT2D eigenvalue weighted by Gasteiger charge is 2.17. The number of benzene rings is 2. The van der Waals surface area contributed by atoms with E-state index in [9.17, 15) is 14.4 Å². The molecule has 1 atom stereocenters. The molecule has 136 valence electrons.